The van der Waals surface area contributed by atoms with E-state index < -0.39 is 0 Å². The van der Waals surface area contributed by atoms with Crippen LogP contribution in [0.25, 0.3) is 220 Å². The summed E-state index contributed by atoms with van der Waals surface area (Å²) in [5.41, 5.74) is 19.2. The SMILES string of the molecule is CC(C)CN1C(=O)c2ccc3c4c(ccc(c24)C1=O)-c1nc2c(-c4sc(-c5c6nc7c(nc6c(-c6ccccc6)c6nc8c(nc56)-c5ccc6c9c(ccc-8c59)C(=O)N(CC(C)C)C6=O)-c5ccc6c8c(ccc-7c58)C(=O)N(CC(C)C)C6=O)c5c4OCCO5)c4nc5c(nc4c(-c4ccccc4)c2nc1-3)-c1ccc2c3c(ccc-5c13)C(=O)N(CC(C)C)C2=O. The van der Waals surface area contributed by atoms with Gasteiger partial charge >= 0.3 is 0 Å². The van der Waals surface area contributed by atoms with Crippen LogP contribution in [0.3, 0.4) is 0 Å². The summed E-state index contributed by atoms with van der Waals surface area (Å²) in [5, 5.41) is 4.77. The van der Waals surface area contributed by atoms with E-state index in [-0.39, 0.29) is 110 Å². The summed E-state index contributed by atoms with van der Waals surface area (Å²) in [6, 6.07) is 49.3. The molecule has 125 heavy (non-hydrogen) atoms. The molecule has 0 saturated carbocycles. The molecule has 0 unspecified atom stereocenters. The van der Waals surface area contributed by atoms with E-state index in [4.69, 9.17) is 49.3 Å². The molecule has 0 saturated heterocycles. The van der Waals surface area contributed by atoms with Crippen molar-refractivity contribution in [1.29, 1.82) is 0 Å². The summed E-state index contributed by atoms with van der Waals surface area (Å²) in [6.07, 6.45) is 0. The molecule has 5 aliphatic heterocycles. The van der Waals surface area contributed by atoms with Crippen LogP contribution in [-0.2, 0) is 0 Å². The largest absolute Gasteiger partial charge is 0.485 e. The van der Waals surface area contributed by atoms with Crippen molar-refractivity contribution in [3.63, 3.8) is 0 Å². The molecule has 0 fully saturated rings. The molecular weight excluding hydrogens is 1590 g/mol. The Labute approximate surface area is 714 Å². The number of ether oxygens (including phenoxy) is 2. The molecule has 0 spiro atoms. The normalized spacial score (nSPS) is 15.1. The van der Waals surface area contributed by atoms with E-state index in [0.29, 0.717) is 265 Å². The maximum Gasteiger partial charge on any atom is 0.261 e. The van der Waals surface area contributed by atoms with Gasteiger partial charge in [0.15, 0.2) is 11.5 Å². The number of nitrogens with zero attached hydrogens (tertiary/aromatic N) is 12. The average molecular weight is 1650 g/mol. The monoisotopic (exact) mass is 1650 g/mol. The van der Waals surface area contributed by atoms with E-state index >= 15 is 0 Å². The van der Waals surface area contributed by atoms with Crippen LogP contribution in [0.2, 0.25) is 0 Å². The van der Waals surface area contributed by atoms with Crippen LogP contribution in [0.15, 0.2) is 158 Å². The zero-order valence-corrected chi connectivity index (χ0v) is 69.2. The van der Waals surface area contributed by atoms with Gasteiger partial charge in [0.1, 0.15) is 57.3 Å². The molecule has 23 heteroatoms. The Morgan fingerprint density at radius 3 is 0.616 bits per heavy atom. The van der Waals surface area contributed by atoms with Crippen LogP contribution in [0.4, 0.5) is 0 Å². The number of fused-ring (bicyclic) bond motifs is 17. The number of hydrogen-bond donors (Lipinski definition) is 0. The van der Waals surface area contributed by atoms with Crippen molar-refractivity contribution in [3.8, 4) is 145 Å². The first kappa shape index (κ1) is 71.6. The molecule has 0 bridgehead atoms. The number of benzene rings is 12. The van der Waals surface area contributed by atoms with Crippen LogP contribution in [-0.4, -0.2) is 146 Å². The van der Waals surface area contributed by atoms with Crippen molar-refractivity contribution in [2.24, 2.45) is 23.7 Å². The number of thiophene rings is 1. The second kappa shape index (κ2) is 24.8. The van der Waals surface area contributed by atoms with E-state index in [1.165, 1.54) is 30.9 Å². The smallest absolute Gasteiger partial charge is 0.261 e. The fraction of sp³-hybridized carbons (Fsp3) is 0.176. The molecule has 4 aliphatic carbocycles. The van der Waals surface area contributed by atoms with Gasteiger partial charge in [-0.3, -0.25) is 58.0 Å². The van der Waals surface area contributed by atoms with Gasteiger partial charge in [0.05, 0.1) is 66.4 Å². The van der Waals surface area contributed by atoms with E-state index in [0.717, 1.165) is 11.1 Å². The molecule has 12 aromatic carbocycles. The molecule has 600 valence electrons. The fourth-order valence-electron chi connectivity index (χ4n) is 21.2. The molecule has 0 atom stereocenters. The lowest BCUT2D eigenvalue weighted by Gasteiger charge is -2.28. The lowest BCUT2D eigenvalue weighted by atomic mass is 9.90. The Morgan fingerprint density at radius 2 is 0.424 bits per heavy atom. The van der Waals surface area contributed by atoms with Crippen molar-refractivity contribution < 1.29 is 47.8 Å². The lowest BCUT2D eigenvalue weighted by Crippen LogP contribution is -2.42. The highest BCUT2D eigenvalue weighted by Gasteiger charge is 2.46. The Hall–Kier alpha value is -15.1. The van der Waals surface area contributed by atoms with Crippen LogP contribution in [0.1, 0.15) is 138 Å². The Morgan fingerprint density at radius 1 is 0.248 bits per heavy atom. The maximum atomic E-state index is 14.8. The second-order valence-corrected chi connectivity index (χ2v) is 36.6. The highest BCUT2D eigenvalue weighted by molar-refractivity contribution is 7.20. The van der Waals surface area contributed by atoms with Crippen molar-refractivity contribution >= 4 is 146 Å². The standard InChI is InChI=1S/C102H66N12O10S/c1-41(2)37-111-95(115)55-27-19-47-65-51(23-31-59(69(55)65)99(111)119)79-75(47)103-83-63(45-15-11-9-12-16-45)84-88(108-80-52-24-32-60-70-56(28-20-48(66(52)70)76(80)104-84)96(116)112(100(60)120)38-42(3)4)73(87(83)107-79)93-91-92(124-36-35-123-91)94(125-93)74-89-85(105-77-49-21-29-57-71-61(33-25-53(67(49)71)81(77)109-89)101(121)113(97(57)117)39-43(5)6)64(46-17-13-10-14-18-46)86-90(74)110-82-54-26-34-62-72-58(30-22-50(68(54)72)78(82)106-86)98(118)114(102(62)122)40-44(7)8/h9-34,41-44H,35-40H2,1-8H3. The topological polar surface area (TPSA) is 271 Å². The molecule has 8 amide bonds. The van der Waals surface area contributed by atoms with Gasteiger partial charge in [-0.1, -0.05) is 165 Å². The zero-order chi connectivity index (χ0) is 84.5. The minimum absolute atomic E-state index is 0.00179. The zero-order valence-electron chi connectivity index (χ0n) is 68.4. The predicted octanol–water partition coefficient (Wildman–Crippen LogP) is 20.2. The van der Waals surface area contributed by atoms with Gasteiger partial charge in [-0.25, -0.2) is 39.9 Å². The maximum absolute atomic E-state index is 14.8. The van der Waals surface area contributed by atoms with Crippen LogP contribution < -0.4 is 9.47 Å². The summed E-state index contributed by atoms with van der Waals surface area (Å²) in [4.78, 5) is 172. The first-order chi connectivity index (χ1) is 60.7. The highest BCUT2D eigenvalue weighted by Crippen LogP contribution is 2.63. The van der Waals surface area contributed by atoms with E-state index in [9.17, 15) is 38.4 Å². The van der Waals surface area contributed by atoms with Gasteiger partial charge in [0.25, 0.3) is 47.3 Å². The Kier molecular flexibility index (Phi) is 14.2. The molecule has 17 aromatic rings. The number of imide groups is 4. The first-order valence-corrected chi connectivity index (χ1v) is 43.1. The molecule has 5 aromatic heterocycles. The molecular formula is C102H66N12O10S. The number of amides is 8. The third-order valence-electron chi connectivity index (χ3n) is 26.1. The average Bonchev–Trinajstić information content (AvgIpc) is 1.53. The van der Waals surface area contributed by atoms with E-state index in [1.807, 2.05) is 165 Å². The van der Waals surface area contributed by atoms with Crippen LogP contribution in [0, 0.1) is 23.7 Å². The number of carbonyl (C=O) groups excluding carboxylic acids is 8. The third-order valence-corrected chi connectivity index (χ3v) is 27.3. The quantitative estimate of drug-likeness (QED) is 0.0812. The highest BCUT2D eigenvalue weighted by atomic mass is 32.1. The van der Waals surface area contributed by atoms with E-state index in [2.05, 4.69) is 0 Å². The summed E-state index contributed by atoms with van der Waals surface area (Å²) >= 11 is 1.34. The number of carbonyl (C=O) groups is 8. The minimum Gasteiger partial charge on any atom is -0.485 e. The van der Waals surface area contributed by atoms with Gasteiger partial charge in [-0.2, -0.15) is 0 Å². The molecule has 26 rings (SSSR count). The summed E-state index contributed by atoms with van der Waals surface area (Å²) in [7, 11) is 0. The first-order valence-electron chi connectivity index (χ1n) is 42.3. The van der Waals surface area contributed by atoms with Gasteiger partial charge in [-0.05, 0) is 83.3 Å². The third kappa shape index (κ3) is 9.19. The van der Waals surface area contributed by atoms with Gasteiger partial charge in [0.2, 0.25) is 0 Å². The van der Waals surface area contributed by atoms with Crippen molar-refractivity contribution in [3.05, 3.63) is 202 Å². The molecule has 0 radical (unpaired) electrons. The van der Waals surface area contributed by atoms with Gasteiger partial charge in [0, 0.05) is 169 Å². The van der Waals surface area contributed by atoms with E-state index in [1.54, 1.807) is 48.5 Å². The molecule has 10 heterocycles. The fourth-order valence-corrected chi connectivity index (χ4v) is 22.5. The summed E-state index contributed by atoms with van der Waals surface area (Å²) in [5.74, 6) is -2.42. The Balaban J connectivity index is 0.792. The lowest BCUT2D eigenvalue weighted by molar-refractivity contribution is 0.0577. The number of hydrogen-bond acceptors (Lipinski definition) is 19. The van der Waals surface area contributed by atoms with Crippen LogP contribution >= 0.6 is 11.3 Å². The van der Waals surface area contributed by atoms with Gasteiger partial charge in [-0.15, -0.1) is 11.3 Å². The molecule has 0 N–H and O–H groups in total. The summed E-state index contributed by atoms with van der Waals surface area (Å²) in [6.45, 7) is 16.9. The number of rotatable bonds is 12. The van der Waals surface area contributed by atoms with Crippen LogP contribution in [0.5, 0.6) is 11.5 Å². The summed E-state index contributed by atoms with van der Waals surface area (Å²) < 4.78 is 14.5. The van der Waals surface area contributed by atoms with Gasteiger partial charge < -0.3 is 9.47 Å². The van der Waals surface area contributed by atoms with Crippen molar-refractivity contribution in [2.45, 2.75) is 55.4 Å². The predicted molar refractivity (Wildman–Crippen MR) is 478 cm³/mol. The number of aromatic nitrogens is 8. The van der Waals surface area contributed by atoms with Crippen molar-refractivity contribution in [1.82, 2.24) is 59.5 Å². The molecule has 22 nitrogen and oxygen atoms in total. The Bertz CT molecular complexity index is 7310. The minimum atomic E-state index is -0.384. The van der Waals surface area contributed by atoms with Crippen molar-refractivity contribution in [2.75, 3.05) is 39.4 Å². The molecule has 9 aliphatic rings. The second-order valence-electron chi connectivity index (χ2n) is 35.6.